The van der Waals surface area contributed by atoms with Gasteiger partial charge in [0.25, 0.3) is 0 Å². The maximum absolute atomic E-state index is 13.6. The summed E-state index contributed by atoms with van der Waals surface area (Å²) in [5, 5.41) is 9.77. The van der Waals surface area contributed by atoms with Crippen molar-refractivity contribution in [2.24, 2.45) is 23.2 Å². The summed E-state index contributed by atoms with van der Waals surface area (Å²) < 4.78 is 0. The predicted molar refractivity (Wildman–Crippen MR) is 97.3 cm³/mol. The summed E-state index contributed by atoms with van der Waals surface area (Å²) in [7, 11) is 0. The van der Waals surface area contributed by atoms with Crippen LogP contribution in [0.3, 0.4) is 0 Å². The third kappa shape index (κ3) is 2.48. The number of carbonyl (C=O) groups is 2. The Labute approximate surface area is 154 Å². The van der Waals surface area contributed by atoms with Crippen molar-refractivity contribution in [2.45, 2.75) is 64.3 Å². The van der Waals surface area contributed by atoms with Gasteiger partial charge in [0.2, 0.25) is 11.8 Å². The lowest BCUT2D eigenvalue weighted by Gasteiger charge is -2.56. The Bertz CT molecular complexity index is 705. The zero-order valence-electron chi connectivity index (χ0n) is 15.5. The van der Waals surface area contributed by atoms with Crippen LogP contribution in [0.4, 0.5) is 5.69 Å². The number of aryl methyl sites for hydroxylation is 1. The molecule has 4 saturated carbocycles. The van der Waals surface area contributed by atoms with E-state index in [0.29, 0.717) is 5.69 Å². The molecule has 0 aromatic carbocycles. The average Bonchev–Trinajstić information content (AvgIpc) is 3.22. The van der Waals surface area contributed by atoms with Gasteiger partial charge in [0.1, 0.15) is 6.04 Å². The lowest BCUT2D eigenvalue weighted by atomic mass is 9.49. The van der Waals surface area contributed by atoms with Crippen LogP contribution in [0.5, 0.6) is 0 Å². The summed E-state index contributed by atoms with van der Waals surface area (Å²) in [4.78, 5) is 28.4. The summed E-state index contributed by atoms with van der Waals surface area (Å²) in [6.45, 7) is 2.61. The quantitative estimate of drug-likeness (QED) is 0.874. The molecule has 1 aliphatic heterocycles. The first-order valence-electron chi connectivity index (χ1n) is 10.2. The lowest BCUT2D eigenvalue weighted by molar-refractivity contribution is -0.160. The van der Waals surface area contributed by atoms with Gasteiger partial charge in [0, 0.05) is 6.54 Å². The lowest BCUT2D eigenvalue weighted by Crippen LogP contribution is -2.56. The van der Waals surface area contributed by atoms with Crippen LogP contribution >= 0.6 is 0 Å². The van der Waals surface area contributed by atoms with E-state index in [0.717, 1.165) is 62.1 Å². The number of anilines is 1. The van der Waals surface area contributed by atoms with Crippen molar-refractivity contribution in [3.05, 3.63) is 11.9 Å². The maximum Gasteiger partial charge on any atom is 0.247 e. The molecule has 2 amide bonds. The Balaban J connectivity index is 1.35. The first-order valence-corrected chi connectivity index (χ1v) is 10.2. The van der Waals surface area contributed by atoms with Crippen LogP contribution in [0.2, 0.25) is 0 Å². The molecule has 1 atom stereocenters. The molecule has 0 spiro atoms. The second kappa shape index (κ2) is 5.83. The minimum Gasteiger partial charge on any atom is -0.330 e. The van der Waals surface area contributed by atoms with Gasteiger partial charge in [0.05, 0.1) is 23.0 Å². The van der Waals surface area contributed by atoms with E-state index < -0.39 is 0 Å². The molecule has 1 aromatic heterocycles. The zero-order valence-corrected chi connectivity index (χ0v) is 15.5. The van der Waals surface area contributed by atoms with E-state index in [9.17, 15) is 9.59 Å². The Morgan fingerprint density at radius 1 is 1.19 bits per heavy atom. The maximum atomic E-state index is 13.6. The first kappa shape index (κ1) is 16.3. The molecule has 5 fully saturated rings. The summed E-state index contributed by atoms with van der Waals surface area (Å²) in [6, 6.07) is -0.329. The third-order valence-corrected chi connectivity index (χ3v) is 7.40. The minimum absolute atomic E-state index is 0.0647. The largest absolute Gasteiger partial charge is 0.330 e. The summed E-state index contributed by atoms with van der Waals surface area (Å²) in [6.07, 6.45) is 10.5. The molecule has 26 heavy (non-hydrogen) atoms. The number of nitrogens with one attached hydrogen (secondary N) is 2. The monoisotopic (exact) mass is 356 g/mol. The molecule has 2 heterocycles. The average molecular weight is 356 g/mol. The topological polar surface area (TPSA) is 78.1 Å². The Morgan fingerprint density at radius 2 is 1.85 bits per heavy atom. The molecular formula is C20H28N4O2. The van der Waals surface area contributed by atoms with Gasteiger partial charge in [-0.3, -0.25) is 14.7 Å². The van der Waals surface area contributed by atoms with Crippen LogP contribution in [0, 0.1) is 30.1 Å². The molecule has 5 aliphatic rings. The van der Waals surface area contributed by atoms with Gasteiger partial charge in [0.15, 0.2) is 0 Å². The summed E-state index contributed by atoms with van der Waals surface area (Å²) in [5.74, 6) is 2.44. The second-order valence-corrected chi connectivity index (χ2v) is 9.25. The molecule has 140 valence electrons. The van der Waals surface area contributed by atoms with E-state index in [2.05, 4.69) is 15.5 Å². The van der Waals surface area contributed by atoms with Crippen LogP contribution in [-0.4, -0.2) is 39.5 Å². The van der Waals surface area contributed by atoms with E-state index in [-0.39, 0.29) is 23.3 Å². The highest BCUT2D eigenvalue weighted by molar-refractivity contribution is 5.98. The van der Waals surface area contributed by atoms with Crippen molar-refractivity contribution in [2.75, 3.05) is 11.9 Å². The van der Waals surface area contributed by atoms with E-state index in [1.807, 2.05) is 11.8 Å². The van der Waals surface area contributed by atoms with Gasteiger partial charge in [-0.2, -0.15) is 5.10 Å². The van der Waals surface area contributed by atoms with Crippen LogP contribution < -0.4 is 5.32 Å². The van der Waals surface area contributed by atoms with Crippen LogP contribution in [0.25, 0.3) is 0 Å². The van der Waals surface area contributed by atoms with E-state index in [1.54, 1.807) is 6.20 Å². The normalized spacial score (nSPS) is 38.0. The number of aromatic nitrogens is 2. The number of hydrogen-bond donors (Lipinski definition) is 2. The molecule has 0 unspecified atom stereocenters. The van der Waals surface area contributed by atoms with Crippen molar-refractivity contribution in [1.82, 2.24) is 15.1 Å². The fourth-order valence-corrected chi connectivity index (χ4v) is 6.65. The smallest absolute Gasteiger partial charge is 0.247 e. The number of amides is 2. The Hall–Kier alpha value is -1.85. The fraction of sp³-hybridized carbons (Fsp3) is 0.750. The molecule has 4 bridgehead atoms. The highest BCUT2D eigenvalue weighted by Crippen LogP contribution is 2.60. The minimum atomic E-state index is -0.329. The first-order chi connectivity index (χ1) is 12.5. The highest BCUT2D eigenvalue weighted by Gasteiger charge is 2.56. The van der Waals surface area contributed by atoms with Gasteiger partial charge in [-0.1, -0.05) is 0 Å². The number of hydrogen-bond acceptors (Lipinski definition) is 3. The molecule has 1 saturated heterocycles. The summed E-state index contributed by atoms with van der Waals surface area (Å²) >= 11 is 0. The van der Waals surface area contributed by atoms with Gasteiger partial charge in [-0.05, 0) is 76.0 Å². The van der Waals surface area contributed by atoms with Crippen LogP contribution in [0.1, 0.15) is 57.1 Å². The Morgan fingerprint density at radius 3 is 2.42 bits per heavy atom. The number of likely N-dealkylation sites (tertiary alicyclic amines) is 1. The fourth-order valence-electron chi connectivity index (χ4n) is 6.65. The zero-order chi connectivity index (χ0) is 17.9. The number of rotatable bonds is 3. The molecule has 6 heteroatoms. The van der Waals surface area contributed by atoms with E-state index >= 15 is 0 Å². The number of aromatic amines is 1. The molecule has 6 rings (SSSR count). The van der Waals surface area contributed by atoms with Crippen molar-refractivity contribution >= 4 is 17.5 Å². The number of carbonyl (C=O) groups excluding carboxylic acids is 2. The third-order valence-electron chi connectivity index (χ3n) is 7.40. The van der Waals surface area contributed by atoms with Crippen molar-refractivity contribution < 1.29 is 9.59 Å². The SMILES string of the molecule is Cc1[nH]ncc1NC(=O)[C@H]1CCCN1C(=O)C12CC3CC(CC(C3)C1)C2. The van der Waals surface area contributed by atoms with Crippen LogP contribution in [0.15, 0.2) is 6.20 Å². The number of nitrogens with zero attached hydrogens (tertiary/aromatic N) is 2. The molecule has 6 nitrogen and oxygen atoms in total. The van der Waals surface area contributed by atoms with Gasteiger partial charge in [-0.15, -0.1) is 0 Å². The van der Waals surface area contributed by atoms with Gasteiger partial charge in [-0.25, -0.2) is 0 Å². The van der Waals surface area contributed by atoms with E-state index in [4.69, 9.17) is 0 Å². The molecule has 2 N–H and O–H groups in total. The highest BCUT2D eigenvalue weighted by atomic mass is 16.2. The van der Waals surface area contributed by atoms with Crippen LogP contribution in [-0.2, 0) is 9.59 Å². The molecular weight excluding hydrogens is 328 g/mol. The predicted octanol–water partition coefficient (Wildman–Crippen LogP) is 2.86. The number of H-pyrrole nitrogens is 1. The molecule has 1 aromatic rings. The second-order valence-electron chi connectivity index (χ2n) is 9.25. The van der Waals surface area contributed by atoms with Crippen molar-refractivity contribution in [3.8, 4) is 0 Å². The Kier molecular flexibility index (Phi) is 3.66. The van der Waals surface area contributed by atoms with Crippen molar-refractivity contribution in [3.63, 3.8) is 0 Å². The van der Waals surface area contributed by atoms with Crippen molar-refractivity contribution in [1.29, 1.82) is 0 Å². The molecule has 0 radical (unpaired) electrons. The standard InChI is InChI=1S/C20H28N4O2/c1-12-16(11-21-23-12)22-18(25)17-3-2-4-24(17)19(26)20-8-13-5-14(9-20)7-15(6-13)10-20/h11,13-15,17H,2-10H2,1H3,(H,21,23)(H,22,25)/t13?,14?,15?,17-,20?/m1/s1. The van der Waals surface area contributed by atoms with E-state index in [1.165, 1.54) is 19.3 Å². The molecule has 4 aliphatic carbocycles. The summed E-state index contributed by atoms with van der Waals surface area (Å²) in [5.41, 5.74) is 1.39. The van der Waals surface area contributed by atoms with Gasteiger partial charge < -0.3 is 10.2 Å². The van der Waals surface area contributed by atoms with Gasteiger partial charge >= 0.3 is 0 Å².